The van der Waals surface area contributed by atoms with E-state index in [-0.39, 0.29) is 11.7 Å². The molecule has 1 N–H and O–H groups in total. The van der Waals surface area contributed by atoms with Crippen LogP contribution >= 0.6 is 11.8 Å². The quantitative estimate of drug-likeness (QED) is 0.627. The number of halogens is 1. The molecule has 0 radical (unpaired) electrons. The number of nitrogens with zero attached hydrogens (tertiary/aromatic N) is 1. The fourth-order valence-corrected chi connectivity index (χ4v) is 4.71. The van der Waals surface area contributed by atoms with Gasteiger partial charge in [0.05, 0.1) is 11.9 Å². The summed E-state index contributed by atoms with van der Waals surface area (Å²) in [7, 11) is -3.63. The van der Waals surface area contributed by atoms with Crippen LogP contribution in [0.15, 0.2) is 48.5 Å². The molecule has 0 unspecified atom stereocenters. The summed E-state index contributed by atoms with van der Waals surface area (Å²) in [5.74, 6) is 0.486. The van der Waals surface area contributed by atoms with Crippen molar-refractivity contribution in [3.8, 4) is 0 Å². The Bertz CT molecular complexity index is 902. The highest BCUT2D eigenvalue weighted by Gasteiger charge is 2.28. The topological polar surface area (TPSA) is 66.5 Å². The van der Waals surface area contributed by atoms with Crippen molar-refractivity contribution in [2.75, 3.05) is 22.9 Å². The first kappa shape index (κ1) is 22.2. The average molecular weight is 425 g/mol. The minimum atomic E-state index is -3.63. The van der Waals surface area contributed by atoms with Gasteiger partial charge in [-0.2, -0.15) is 11.8 Å². The zero-order chi connectivity index (χ0) is 20.7. The molecular formula is C20H25FN2O3S2. The van der Waals surface area contributed by atoms with Crippen LogP contribution in [-0.4, -0.2) is 38.9 Å². The number of sulfonamides is 1. The van der Waals surface area contributed by atoms with Gasteiger partial charge in [-0.1, -0.05) is 35.9 Å². The summed E-state index contributed by atoms with van der Waals surface area (Å²) in [6.45, 7) is 3.83. The summed E-state index contributed by atoms with van der Waals surface area (Å²) in [6.07, 6.45) is 1.08. The molecule has 0 bridgehead atoms. The Balaban J connectivity index is 1.90. The first-order valence-corrected chi connectivity index (χ1v) is 11.9. The smallest absolute Gasteiger partial charge is 0.243 e. The van der Waals surface area contributed by atoms with Gasteiger partial charge in [0.1, 0.15) is 11.9 Å². The van der Waals surface area contributed by atoms with Crippen molar-refractivity contribution < 1.29 is 17.6 Å². The molecule has 1 atom stereocenters. The van der Waals surface area contributed by atoms with E-state index < -0.39 is 16.1 Å². The van der Waals surface area contributed by atoms with Crippen LogP contribution < -0.4 is 9.62 Å². The number of anilines is 1. The highest BCUT2D eigenvalue weighted by atomic mass is 32.2. The zero-order valence-electron chi connectivity index (χ0n) is 16.2. The van der Waals surface area contributed by atoms with Gasteiger partial charge in [-0.15, -0.1) is 0 Å². The molecule has 0 spiro atoms. The van der Waals surface area contributed by atoms with E-state index >= 15 is 0 Å². The van der Waals surface area contributed by atoms with Crippen LogP contribution in [0.5, 0.6) is 0 Å². The molecule has 0 heterocycles. The molecule has 152 valence electrons. The van der Waals surface area contributed by atoms with Crippen molar-refractivity contribution in [3.05, 3.63) is 65.5 Å². The number of hydrogen-bond acceptors (Lipinski definition) is 4. The number of hydrogen-bond donors (Lipinski definition) is 1. The van der Waals surface area contributed by atoms with Crippen LogP contribution in [0.25, 0.3) is 0 Å². The molecule has 0 aliphatic heterocycles. The van der Waals surface area contributed by atoms with Gasteiger partial charge in [-0.25, -0.2) is 12.8 Å². The maximum absolute atomic E-state index is 13.6. The summed E-state index contributed by atoms with van der Waals surface area (Å²) in [5, 5.41) is 2.76. The number of benzene rings is 2. The van der Waals surface area contributed by atoms with E-state index in [1.165, 1.54) is 17.8 Å². The van der Waals surface area contributed by atoms with E-state index in [0.29, 0.717) is 29.3 Å². The van der Waals surface area contributed by atoms with E-state index in [4.69, 9.17) is 0 Å². The van der Waals surface area contributed by atoms with Gasteiger partial charge in [0.25, 0.3) is 0 Å². The minimum Gasteiger partial charge on any atom is -0.353 e. The second-order valence-corrected chi connectivity index (χ2v) is 9.47. The number of aryl methyl sites for hydroxylation is 1. The molecule has 2 rings (SSSR count). The fourth-order valence-electron chi connectivity index (χ4n) is 2.69. The van der Waals surface area contributed by atoms with Gasteiger partial charge in [0.2, 0.25) is 15.9 Å². The van der Waals surface area contributed by atoms with Crippen molar-refractivity contribution in [2.45, 2.75) is 25.6 Å². The van der Waals surface area contributed by atoms with Crippen LogP contribution in [-0.2, 0) is 20.6 Å². The maximum atomic E-state index is 13.6. The average Bonchev–Trinajstić information content (AvgIpc) is 2.63. The van der Waals surface area contributed by atoms with E-state index in [1.807, 2.05) is 6.92 Å². The second kappa shape index (κ2) is 9.93. The monoisotopic (exact) mass is 424 g/mol. The lowest BCUT2D eigenvalue weighted by Gasteiger charge is -2.28. The molecule has 0 saturated heterocycles. The number of carbonyl (C=O) groups excluding carboxylic acids is 1. The molecule has 0 aromatic heterocycles. The highest BCUT2D eigenvalue weighted by molar-refractivity contribution is 7.98. The van der Waals surface area contributed by atoms with Crippen molar-refractivity contribution >= 4 is 33.4 Å². The Labute approximate surface area is 170 Å². The second-order valence-electron chi connectivity index (χ2n) is 6.51. The summed E-state index contributed by atoms with van der Waals surface area (Å²) in [4.78, 5) is 12.5. The predicted molar refractivity (Wildman–Crippen MR) is 114 cm³/mol. The summed E-state index contributed by atoms with van der Waals surface area (Å²) < 4.78 is 39.2. The third-order valence-corrected chi connectivity index (χ3v) is 6.39. The van der Waals surface area contributed by atoms with Crippen molar-refractivity contribution in [3.63, 3.8) is 0 Å². The van der Waals surface area contributed by atoms with Crippen molar-refractivity contribution in [2.24, 2.45) is 0 Å². The predicted octanol–water partition coefficient (Wildman–Crippen LogP) is 3.34. The van der Waals surface area contributed by atoms with Crippen LogP contribution in [0.1, 0.15) is 18.1 Å². The Morgan fingerprint density at radius 1 is 1.18 bits per heavy atom. The molecule has 0 aliphatic carbocycles. The summed E-state index contributed by atoms with van der Waals surface area (Å²) >= 11 is 1.50. The molecule has 0 fully saturated rings. The SMILES string of the molecule is Cc1ccc(N([C@@H](C)C(=O)NCCSCc2ccccc2F)S(C)(=O)=O)cc1. The van der Waals surface area contributed by atoms with Gasteiger partial charge in [0.15, 0.2) is 0 Å². The van der Waals surface area contributed by atoms with E-state index in [1.54, 1.807) is 49.4 Å². The Morgan fingerprint density at radius 3 is 2.43 bits per heavy atom. The van der Waals surface area contributed by atoms with Gasteiger partial charge < -0.3 is 5.32 Å². The van der Waals surface area contributed by atoms with Crippen molar-refractivity contribution in [1.82, 2.24) is 5.32 Å². The molecule has 2 aromatic rings. The van der Waals surface area contributed by atoms with E-state index in [0.717, 1.165) is 16.1 Å². The van der Waals surface area contributed by atoms with Crippen molar-refractivity contribution in [1.29, 1.82) is 0 Å². The first-order chi connectivity index (χ1) is 13.2. The standard InChI is InChI=1S/C20H25FN2O3S2/c1-15-8-10-18(11-9-15)23(28(3,25)26)16(2)20(24)22-12-13-27-14-17-6-4-5-7-19(17)21/h4-11,16H,12-14H2,1-3H3,(H,22,24)/t16-/m0/s1. The lowest BCUT2D eigenvalue weighted by atomic mass is 10.2. The third kappa shape index (κ3) is 6.24. The molecule has 8 heteroatoms. The van der Waals surface area contributed by atoms with Gasteiger partial charge in [-0.3, -0.25) is 9.10 Å². The van der Waals surface area contributed by atoms with Crippen LogP contribution in [0, 0.1) is 12.7 Å². The molecule has 28 heavy (non-hydrogen) atoms. The summed E-state index contributed by atoms with van der Waals surface area (Å²) in [6, 6.07) is 12.7. The molecule has 2 aromatic carbocycles. The van der Waals surface area contributed by atoms with Crippen LogP contribution in [0.2, 0.25) is 0 Å². The van der Waals surface area contributed by atoms with Crippen LogP contribution in [0.4, 0.5) is 10.1 Å². The normalized spacial score (nSPS) is 12.4. The minimum absolute atomic E-state index is 0.241. The molecule has 0 saturated carbocycles. The Hall–Kier alpha value is -2.06. The molecule has 0 aliphatic rings. The number of amides is 1. The van der Waals surface area contributed by atoms with E-state index in [2.05, 4.69) is 5.32 Å². The zero-order valence-corrected chi connectivity index (χ0v) is 17.8. The lowest BCUT2D eigenvalue weighted by Crippen LogP contribution is -2.48. The molecule has 5 nitrogen and oxygen atoms in total. The van der Waals surface area contributed by atoms with E-state index in [9.17, 15) is 17.6 Å². The number of nitrogens with one attached hydrogen (secondary N) is 1. The largest absolute Gasteiger partial charge is 0.353 e. The lowest BCUT2D eigenvalue weighted by molar-refractivity contribution is -0.121. The van der Waals surface area contributed by atoms with Gasteiger partial charge in [0, 0.05) is 18.1 Å². The fraction of sp³-hybridized carbons (Fsp3) is 0.350. The molecule has 1 amide bonds. The molecular weight excluding hydrogens is 399 g/mol. The van der Waals surface area contributed by atoms with Gasteiger partial charge in [-0.05, 0) is 37.6 Å². The number of thioether (sulfide) groups is 1. The Kier molecular flexibility index (Phi) is 7.88. The van der Waals surface area contributed by atoms with Gasteiger partial charge >= 0.3 is 0 Å². The highest BCUT2D eigenvalue weighted by Crippen LogP contribution is 2.21. The third-order valence-electron chi connectivity index (χ3n) is 4.14. The summed E-state index contributed by atoms with van der Waals surface area (Å²) in [5.41, 5.74) is 2.07. The first-order valence-electron chi connectivity index (χ1n) is 8.85. The number of rotatable bonds is 9. The number of carbonyl (C=O) groups is 1. The maximum Gasteiger partial charge on any atom is 0.243 e. The van der Waals surface area contributed by atoms with Crippen LogP contribution in [0.3, 0.4) is 0 Å². The Morgan fingerprint density at radius 2 is 1.82 bits per heavy atom.